The summed E-state index contributed by atoms with van der Waals surface area (Å²) in [6, 6.07) is 10.6. The number of aryl methyl sites for hydroxylation is 1. The van der Waals surface area contributed by atoms with Gasteiger partial charge in [0.25, 0.3) is 5.69 Å². The van der Waals surface area contributed by atoms with Crippen molar-refractivity contribution < 1.29 is 14.8 Å². The zero-order valence-electron chi connectivity index (χ0n) is 12.3. The first-order chi connectivity index (χ1) is 11.0. The number of fused-ring (bicyclic) bond motifs is 1. The van der Waals surface area contributed by atoms with E-state index in [-0.39, 0.29) is 17.2 Å². The highest BCUT2D eigenvalue weighted by molar-refractivity contribution is 7.19. The molecular weight excluding hydrogens is 314 g/mol. The third-order valence-electron chi connectivity index (χ3n) is 3.63. The van der Waals surface area contributed by atoms with E-state index in [0.717, 1.165) is 9.58 Å². The number of aromatic hydroxyl groups is 1. The van der Waals surface area contributed by atoms with E-state index in [2.05, 4.69) is 0 Å². The van der Waals surface area contributed by atoms with Crippen molar-refractivity contribution in [3.8, 4) is 5.75 Å². The molecule has 0 amide bonds. The van der Waals surface area contributed by atoms with E-state index in [1.165, 1.54) is 35.6 Å². The Kier molecular flexibility index (Phi) is 3.83. The molecule has 0 atom stereocenters. The standard InChI is InChI=1S/C17H13NO4S/c1-2-14-16(17(20)10-3-6-12(19)7-4-10)13-9-11(18(21)22)5-8-15(13)23-14/h3-9,19H,2H2,1H3. The van der Waals surface area contributed by atoms with Gasteiger partial charge < -0.3 is 5.11 Å². The Morgan fingerprint density at radius 3 is 2.52 bits per heavy atom. The lowest BCUT2D eigenvalue weighted by atomic mass is 9.99. The minimum atomic E-state index is -0.461. The van der Waals surface area contributed by atoms with Crippen molar-refractivity contribution in [2.24, 2.45) is 0 Å². The Bertz CT molecular complexity index is 912. The lowest BCUT2D eigenvalue weighted by Gasteiger charge is -2.03. The van der Waals surface area contributed by atoms with E-state index < -0.39 is 4.92 Å². The summed E-state index contributed by atoms with van der Waals surface area (Å²) in [6.45, 7) is 1.95. The van der Waals surface area contributed by atoms with Crippen LogP contribution in [-0.2, 0) is 6.42 Å². The normalized spacial score (nSPS) is 10.8. The number of benzene rings is 2. The molecule has 116 valence electrons. The third kappa shape index (κ3) is 2.68. The van der Waals surface area contributed by atoms with Gasteiger partial charge in [0.15, 0.2) is 5.78 Å². The van der Waals surface area contributed by atoms with Gasteiger partial charge in [0.2, 0.25) is 0 Å². The van der Waals surface area contributed by atoms with Crippen molar-refractivity contribution in [3.63, 3.8) is 0 Å². The smallest absolute Gasteiger partial charge is 0.270 e. The predicted molar refractivity (Wildman–Crippen MR) is 89.4 cm³/mol. The fraction of sp³-hybridized carbons (Fsp3) is 0.118. The number of thiophene rings is 1. The van der Waals surface area contributed by atoms with Crippen LogP contribution < -0.4 is 0 Å². The van der Waals surface area contributed by atoms with Gasteiger partial charge >= 0.3 is 0 Å². The maximum Gasteiger partial charge on any atom is 0.270 e. The maximum atomic E-state index is 12.8. The zero-order valence-corrected chi connectivity index (χ0v) is 13.1. The number of nitrogens with zero attached hydrogens (tertiary/aromatic N) is 1. The van der Waals surface area contributed by atoms with Gasteiger partial charge in [0, 0.05) is 38.2 Å². The van der Waals surface area contributed by atoms with E-state index in [0.29, 0.717) is 22.9 Å². The van der Waals surface area contributed by atoms with E-state index in [9.17, 15) is 20.0 Å². The number of rotatable bonds is 4. The van der Waals surface area contributed by atoms with Crippen LogP contribution in [0.2, 0.25) is 0 Å². The number of hydrogen-bond donors (Lipinski definition) is 1. The molecule has 2 aromatic carbocycles. The number of phenolic OH excluding ortho intramolecular Hbond substituents is 1. The van der Waals surface area contributed by atoms with Crippen LogP contribution in [0.3, 0.4) is 0 Å². The van der Waals surface area contributed by atoms with Gasteiger partial charge in [0.05, 0.1) is 4.92 Å². The number of ketones is 1. The van der Waals surface area contributed by atoms with Gasteiger partial charge in [0.1, 0.15) is 5.75 Å². The molecular formula is C17H13NO4S. The molecule has 0 aliphatic heterocycles. The van der Waals surface area contributed by atoms with Crippen molar-refractivity contribution in [1.82, 2.24) is 0 Å². The van der Waals surface area contributed by atoms with E-state index in [4.69, 9.17) is 0 Å². The highest BCUT2D eigenvalue weighted by Crippen LogP contribution is 2.35. The molecule has 3 rings (SSSR count). The molecule has 6 heteroatoms. The van der Waals surface area contributed by atoms with Crippen molar-refractivity contribution in [1.29, 1.82) is 0 Å². The Balaban J connectivity index is 2.21. The van der Waals surface area contributed by atoms with Crippen molar-refractivity contribution in [2.45, 2.75) is 13.3 Å². The van der Waals surface area contributed by atoms with Crippen molar-refractivity contribution in [2.75, 3.05) is 0 Å². The van der Waals surface area contributed by atoms with Gasteiger partial charge in [-0.05, 0) is 36.8 Å². The van der Waals surface area contributed by atoms with Crippen LogP contribution in [0.25, 0.3) is 10.1 Å². The number of nitro groups is 1. The van der Waals surface area contributed by atoms with Gasteiger partial charge in [-0.3, -0.25) is 14.9 Å². The van der Waals surface area contributed by atoms with Crippen LogP contribution >= 0.6 is 11.3 Å². The lowest BCUT2D eigenvalue weighted by molar-refractivity contribution is -0.384. The summed E-state index contributed by atoms with van der Waals surface area (Å²) in [7, 11) is 0. The Labute approximate surface area is 136 Å². The quantitative estimate of drug-likeness (QED) is 0.440. The monoisotopic (exact) mass is 327 g/mol. The highest BCUT2D eigenvalue weighted by Gasteiger charge is 2.21. The van der Waals surface area contributed by atoms with Crippen LogP contribution in [0, 0.1) is 10.1 Å². The molecule has 0 aliphatic carbocycles. The first-order valence-electron chi connectivity index (χ1n) is 7.04. The molecule has 0 spiro atoms. The van der Waals surface area contributed by atoms with Gasteiger partial charge in [-0.15, -0.1) is 11.3 Å². The van der Waals surface area contributed by atoms with E-state index in [1.54, 1.807) is 18.2 Å². The topological polar surface area (TPSA) is 80.4 Å². The molecule has 0 bridgehead atoms. The molecule has 1 N–H and O–H groups in total. The molecule has 1 aromatic heterocycles. The fourth-order valence-electron chi connectivity index (χ4n) is 2.50. The second kappa shape index (κ2) is 5.81. The Hall–Kier alpha value is -2.73. The fourth-order valence-corrected chi connectivity index (χ4v) is 3.63. The number of non-ortho nitro benzene ring substituents is 1. The molecule has 1 heterocycles. The second-order valence-corrected chi connectivity index (χ2v) is 6.20. The Morgan fingerprint density at radius 2 is 1.91 bits per heavy atom. The Morgan fingerprint density at radius 1 is 1.22 bits per heavy atom. The summed E-state index contributed by atoms with van der Waals surface area (Å²) in [5.41, 5.74) is 0.934. The van der Waals surface area contributed by atoms with Crippen LogP contribution in [0.4, 0.5) is 5.69 Å². The number of carbonyl (C=O) groups excluding carboxylic acids is 1. The van der Waals surface area contributed by atoms with Crippen molar-refractivity contribution in [3.05, 3.63) is 68.6 Å². The van der Waals surface area contributed by atoms with Crippen LogP contribution in [0.5, 0.6) is 5.75 Å². The molecule has 0 fully saturated rings. The summed E-state index contributed by atoms with van der Waals surface area (Å²) in [5, 5.41) is 21.0. The summed E-state index contributed by atoms with van der Waals surface area (Å²) < 4.78 is 0.856. The number of carbonyl (C=O) groups is 1. The molecule has 5 nitrogen and oxygen atoms in total. The van der Waals surface area contributed by atoms with E-state index in [1.807, 2.05) is 6.92 Å². The molecule has 0 unspecified atom stereocenters. The first-order valence-corrected chi connectivity index (χ1v) is 7.86. The summed E-state index contributed by atoms with van der Waals surface area (Å²) >= 11 is 1.48. The summed E-state index contributed by atoms with van der Waals surface area (Å²) in [4.78, 5) is 24.3. The SMILES string of the molecule is CCc1sc2ccc([N+](=O)[O-])cc2c1C(=O)c1ccc(O)cc1. The molecule has 0 saturated carbocycles. The minimum absolute atomic E-state index is 0.0299. The number of hydrogen-bond acceptors (Lipinski definition) is 5. The van der Waals surface area contributed by atoms with Gasteiger partial charge in [-0.2, -0.15) is 0 Å². The molecule has 0 radical (unpaired) electrons. The second-order valence-electron chi connectivity index (χ2n) is 5.07. The van der Waals surface area contributed by atoms with Crippen molar-refractivity contribution >= 4 is 32.9 Å². The zero-order chi connectivity index (χ0) is 16.6. The highest BCUT2D eigenvalue weighted by atomic mass is 32.1. The maximum absolute atomic E-state index is 12.8. The average molecular weight is 327 g/mol. The van der Waals surface area contributed by atoms with E-state index >= 15 is 0 Å². The van der Waals surface area contributed by atoms with Crippen LogP contribution in [0.15, 0.2) is 42.5 Å². The molecule has 0 saturated heterocycles. The summed E-state index contributed by atoms with van der Waals surface area (Å²) in [5.74, 6) is -0.100. The van der Waals surface area contributed by atoms with Crippen LogP contribution in [0.1, 0.15) is 27.7 Å². The third-order valence-corrected chi connectivity index (χ3v) is 4.95. The lowest BCUT2D eigenvalue weighted by Crippen LogP contribution is -2.03. The molecule has 23 heavy (non-hydrogen) atoms. The van der Waals surface area contributed by atoms with Gasteiger partial charge in [-0.1, -0.05) is 6.92 Å². The van der Waals surface area contributed by atoms with Crippen LogP contribution in [-0.4, -0.2) is 15.8 Å². The summed E-state index contributed by atoms with van der Waals surface area (Å²) in [6.07, 6.45) is 0.673. The predicted octanol–water partition coefficient (Wildman–Crippen LogP) is 4.31. The van der Waals surface area contributed by atoms with Gasteiger partial charge in [-0.25, -0.2) is 0 Å². The number of phenols is 1. The molecule has 3 aromatic rings. The molecule has 0 aliphatic rings. The minimum Gasteiger partial charge on any atom is -0.508 e. The number of nitro benzene ring substituents is 1. The average Bonchev–Trinajstić information content (AvgIpc) is 2.92. The first kappa shape index (κ1) is 15.2. The largest absolute Gasteiger partial charge is 0.508 e.